The molecule has 1 heterocycles. The zero-order chi connectivity index (χ0) is 19.9. The van der Waals surface area contributed by atoms with Crippen LogP contribution in [0, 0.1) is 6.92 Å². The molecule has 0 bridgehead atoms. The Kier molecular flexibility index (Phi) is 6.26. The van der Waals surface area contributed by atoms with Gasteiger partial charge in [0.05, 0.1) is 19.8 Å². The Balaban J connectivity index is 1.61. The van der Waals surface area contributed by atoms with E-state index in [1.165, 1.54) is 0 Å². The maximum absolute atomic E-state index is 12.4. The van der Waals surface area contributed by atoms with E-state index in [4.69, 9.17) is 14.0 Å². The first-order valence-corrected chi connectivity index (χ1v) is 9.18. The third-order valence-corrected chi connectivity index (χ3v) is 4.03. The number of rotatable bonds is 8. The quantitative estimate of drug-likeness (QED) is 0.639. The molecule has 1 N–H and O–H groups in total. The van der Waals surface area contributed by atoms with Gasteiger partial charge in [0, 0.05) is 11.1 Å². The predicted octanol–water partition coefficient (Wildman–Crippen LogP) is 3.77. The second-order valence-corrected chi connectivity index (χ2v) is 6.07. The minimum Gasteiger partial charge on any atom is -0.494 e. The van der Waals surface area contributed by atoms with Gasteiger partial charge in [0.2, 0.25) is 11.7 Å². The van der Waals surface area contributed by atoms with E-state index in [0.717, 1.165) is 22.6 Å². The normalized spacial score (nSPS) is 10.5. The van der Waals surface area contributed by atoms with Crippen LogP contribution in [0.5, 0.6) is 11.5 Å². The maximum atomic E-state index is 12.4. The Morgan fingerprint density at radius 3 is 2.50 bits per heavy atom. The van der Waals surface area contributed by atoms with Gasteiger partial charge < -0.3 is 19.3 Å². The highest BCUT2D eigenvalue weighted by molar-refractivity contribution is 5.94. The molecule has 0 aliphatic heterocycles. The maximum Gasteiger partial charge on any atom is 0.251 e. The number of carbonyl (C=O) groups is 1. The van der Waals surface area contributed by atoms with Crippen LogP contribution >= 0.6 is 0 Å². The first-order chi connectivity index (χ1) is 13.6. The van der Waals surface area contributed by atoms with Crippen molar-refractivity contribution in [2.45, 2.75) is 27.3 Å². The zero-order valence-corrected chi connectivity index (χ0v) is 16.2. The molecule has 0 spiro atoms. The minimum absolute atomic E-state index is 0.148. The molecule has 28 heavy (non-hydrogen) atoms. The SMILES string of the molecule is CCOc1ccc(-c2noc(CNC(=O)c3ccc(OCC)c(C)c3)n2)cc1. The summed E-state index contributed by atoms with van der Waals surface area (Å²) >= 11 is 0. The van der Waals surface area contributed by atoms with E-state index in [1.54, 1.807) is 18.2 Å². The summed E-state index contributed by atoms with van der Waals surface area (Å²) in [5.74, 6) is 2.14. The molecule has 0 aliphatic rings. The summed E-state index contributed by atoms with van der Waals surface area (Å²) in [5, 5.41) is 6.75. The molecule has 0 saturated heterocycles. The van der Waals surface area contributed by atoms with Crippen molar-refractivity contribution in [2.75, 3.05) is 13.2 Å². The third kappa shape index (κ3) is 4.68. The summed E-state index contributed by atoms with van der Waals surface area (Å²) in [5.41, 5.74) is 2.27. The van der Waals surface area contributed by atoms with Crippen LogP contribution in [0.15, 0.2) is 47.0 Å². The highest BCUT2D eigenvalue weighted by Crippen LogP contribution is 2.21. The van der Waals surface area contributed by atoms with E-state index < -0.39 is 0 Å². The van der Waals surface area contributed by atoms with E-state index in [9.17, 15) is 4.79 Å². The predicted molar refractivity (Wildman–Crippen MR) is 104 cm³/mol. The van der Waals surface area contributed by atoms with Gasteiger partial charge in [0.25, 0.3) is 5.91 Å². The lowest BCUT2D eigenvalue weighted by atomic mass is 10.1. The molecule has 0 aliphatic carbocycles. The summed E-state index contributed by atoms with van der Waals surface area (Å²) in [4.78, 5) is 16.7. The molecule has 0 saturated carbocycles. The number of ether oxygens (including phenoxy) is 2. The molecule has 7 nitrogen and oxygen atoms in total. The van der Waals surface area contributed by atoms with Gasteiger partial charge in [-0.2, -0.15) is 4.98 Å². The number of hydrogen-bond donors (Lipinski definition) is 1. The molecular formula is C21H23N3O4. The van der Waals surface area contributed by atoms with Gasteiger partial charge in [-0.15, -0.1) is 0 Å². The number of carbonyl (C=O) groups excluding carboxylic acids is 1. The van der Waals surface area contributed by atoms with Crippen molar-refractivity contribution in [2.24, 2.45) is 0 Å². The molecule has 146 valence electrons. The van der Waals surface area contributed by atoms with Crippen LogP contribution in [0.25, 0.3) is 11.4 Å². The van der Waals surface area contributed by atoms with Crippen molar-refractivity contribution >= 4 is 5.91 Å². The van der Waals surface area contributed by atoms with Gasteiger partial charge in [-0.3, -0.25) is 4.79 Å². The molecule has 7 heteroatoms. The summed E-state index contributed by atoms with van der Waals surface area (Å²) in [7, 11) is 0. The van der Waals surface area contributed by atoms with Gasteiger partial charge in [0.1, 0.15) is 11.5 Å². The van der Waals surface area contributed by atoms with Crippen LogP contribution in [0.2, 0.25) is 0 Å². The molecule has 0 atom stereocenters. The van der Waals surface area contributed by atoms with Crippen molar-refractivity contribution in [3.8, 4) is 22.9 Å². The lowest BCUT2D eigenvalue weighted by Crippen LogP contribution is -2.23. The first-order valence-electron chi connectivity index (χ1n) is 9.18. The molecule has 0 unspecified atom stereocenters. The number of aromatic nitrogens is 2. The van der Waals surface area contributed by atoms with Crippen LogP contribution in [0.3, 0.4) is 0 Å². The average molecular weight is 381 g/mol. The second-order valence-electron chi connectivity index (χ2n) is 6.07. The Bertz CT molecular complexity index is 935. The van der Waals surface area contributed by atoms with Gasteiger partial charge in [0.15, 0.2) is 0 Å². The standard InChI is InChI=1S/C21H23N3O4/c1-4-26-17-9-6-15(7-10-17)20-23-19(28-24-20)13-22-21(25)16-8-11-18(27-5-2)14(3)12-16/h6-12H,4-5,13H2,1-3H3,(H,22,25). The second kappa shape index (κ2) is 9.03. The van der Waals surface area contributed by atoms with Crippen molar-refractivity contribution in [1.82, 2.24) is 15.5 Å². The van der Waals surface area contributed by atoms with Crippen LogP contribution in [-0.2, 0) is 6.54 Å². The number of amides is 1. The first kappa shape index (κ1) is 19.4. The molecule has 3 rings (SSSR count). The highest BCUT2D eigenvalue weighted by Gasteiger charge is 2.12. The third-order valence-electron chi connectivity index (χ3n) is 4.03. The lowest BCUT2D eigenvalue weighted by molar-refractivity contribution is 0.0946. The van der Waals surface area contributed by atoms with E-state index in [1.807, 2.05) is 45.0 Å². The molecule has 3 aromatic rings. The topological polar surface area (TPSA) is 86.5 Å². The van der Waals surface area contributed by atoms with Crippen molar-refractivity contribution < 1.29 is 18.8 Å². The molecule has 1 amide bonds. The fourth-order valence-corrected chi connectivity index (χ4v) is 2.68. The van der Waals surface area contributed by atoms with Crippen molar-refractivity contribution in [1.29, 1.82) is 0 Å². The Hall–Kier alpha value is -3.35. The van der Waals surface area contributed by atoms with Gasteiger partial charge in [-0.25, -0.2) is 0 Å². The van der Waals surface area contributed by atoms with E-state index in [0.29, 0.717) is 30.5 Å². The Morgan fingerprint density at radius 2 is 1.82 bits per heavy atom. The number of nitrogens with zero attached hydrogens (tertiary/aromatic N) is 2. The summed E-state index contributed by atoms with van der Waals surface area (Å²) < 4.78 is 16.1. The number of aryl methyl sites for hydroxylation is 1. The Morgan fingerprint density at radius 1 is 1.07 bits per heavy atom. The molecule has 0 radical (unpaired) electrons. The summed E-state index contributed by atoms with van der Waals surface area (Å²) in [6.07, 6.45) is 0. The highest BCUT2D eigenvalue weighted by atomic mass is 16.5. The van der Waals surface area contributed by atoms with Crippen LogP contribution in [0.4, 0.5) is 0 Å². The number of nitrogens with one attached hydrogen (secondary N) is 1. The number of hydrogen-bond acceptors (Lipinski definition) is 6. The van der Waals surface area contributed by atoms with Crippen molar-refractivity contribution in [3.05, 3.63) is 59.5 Å². The number of benzene rings is 2. The fourth-order valence-electron chi connectivity index (χ4n) is 2.68. The van der Waals surface area contributed by atoms with Crippen LogP contribution in [-0.4, -0.2) is 29.3 Å². The smallest absolute Gasteiger partial charge is 0.251 e. The van der Waals surface area contributed by atoms with Crippen molar-refractivity contribution in [3.63, 3.8) is 0 Å². The summed E-state index contributed by atoms with van der Waals surface area (Å²) in [6.45, 7) is 7.10. The Labute approximate surface area is 163 Å². The van der Waals surface area contributed by atoms with Crippen LogP contribution in [0.1, 0.15) is 35.7 Å². The average Bonchev–Trinajstić information content (AvgIpc) is 3.18. The molecule has 2 aromatic carbocycles. The van der Waals surface area contributed by atoms with Gasteiger partial charge in [-0.1, -0.05) is 5.16 Å². The zero-order valence-electron chi connectivity index (χ0n) is 16.2. The minimum atomic E-state index is -0.216. The van der Waals surface area contributed by atoms with Gasteiger partial charge >= 0.3 is 0 Å². The van der Waals surface area contributed by atoms with Crippen LogP contribution < -0.4 is 14.8 Å². The molecular weight excluding hydrogens is 358 g/mol. The lowest BCUT2D eigenvalue weighted by Gasteiger charge is -2.09. The largest absolute Gasteiger partial charge is 0.494 e. The van der Waals surface area contributed by atoms with E-state index in [-0.39, 0.29) is 12.5 Å². The fraction of sp³-hybridized carbons (Fsp3) is 0.286. The van der Waals surface area contributed by atoms with E-state index >= 15 is 0 Å². The monoisotopic (exact) mass is 381 g/mol. The molecule has 1 aromatic heterocycles. The summed E-state index contributed by atoms with van der Waals surface area (Å²) in [6, 6.07) is 12.7. The van der Waals surface area contributed by atoms with Gasteiger partial charge in [-0.05, 0) is 68.8 Å². The molecule has 0 fully saturated rings. The van der Waals surface area contributed by atoms with E-state index in [2.05, 4.69) is 15.5 Å².